The van der Waals surface area contributed by atoms with Gasteiger partial charge in [-0.1, -0.05) is 19.4 Å². The first-order valence-electron chi connectivity index (χ1n) is 6.66. The largest absolute Gasteiger partial charge is 0.492 e. The minimum absolute atomic E-state index is 0.395. The molecular weight excluding hydrogens is 278 g/mol. The van der Waals surface area contributed by atoms with Crippen LogP contribution in [0.4, 0.5) is 5.69 Å². The molecule has 0 aromatic heterocycles. The van der Waals surface area contributed by atoms with Gasteiger partial charge in [0.1, 0.15) is 12.4 Å². The van der Waals surface area contributed by atoms with E-state index in [0.29, 0.717) is 31.1 Å². The highest BCUT2D eigenvalue weighted by Gasteiger charge is 2.16. The molecule has 0 aliphatic heterocycles. The van der Waals surface area contributed by atoms with E-state index in [1.807, 2.05) is 6.92 Å². The third-order valence-electron chi connectivity index (χ3n) is 2.70. The lowest BCUT2D eigenvalue weighted by Gasteiger charge is -2.18. The Morgan fingerprint density at radius 3 is 2.80 bits per heavy atom. The van der Waals surface area contributed by atoms with Gasteiger partial charge in [-0.3, -0.25) is 4.72 Å². The standard InChI is InChI=1S/C13H23N3O3S/c1-3-4-9-16(2)20(17,18)15-12-6-5-7-13(11-12)19-10-8-14/h5-7,11,15H,3-4,8-10,14H2,1-2H3. The number of anilines is 1. The van der Waals surface area contributed by atoms with Crippen LogP contribution in [0.3, 0.4) is 0 Å². The molecule has 0 radical (unpaired) electrons. The molecular formula is C13H23N3O3S. The average molecular weight is 301 g/mol. The molecule has 7 heteroatoms. The van der Waals surface area contributed by atoms with E-state index in [1.54, 1.807) is 31.3 Å². The Morgan fingerprint density at radius 1 is 1.40 bits per heavy atom. The number of ether oxygens (including phenoxy) is 1. The van der Waals surface area contributed by atoms with Crippen molar-refractivity contribution in [2.45, 2.75) is 19.8 Å². The third kappa shape index (κ3) is 5.36. The molecule has 0 unspecified atom stereocenters. The second kappa shape index (κ2) is 8.08. The van der Waals surface area contributed by atoms with Crippen molar-refractivity contribution in [3.8, 4) is 5.75 Å². The van der Waals surface area contributed by atoms with Gasteiger partial charge < -0.3 is 10.5 Å². The Labute approximate surface area is 121 Å². The predicted molar refractivity (Wildman–Crippen MR) is 81.1 cm³/mol. The number of hydrogen-bond acceptors (Lipinski definition) is 4. The van der Waals surface area contributed by atoms with Gasteiger partial charge in [-0.15, -0.1) is 0 Å². The summed E-state index contributed by atoms with van der Waals surface area (Å²) in [5, 5.41) is 0. The summed E-state index contributed by atoms with van der Waals surface area (Å²) in [6, 6.07) is 6.81. The van der Waals surface area contributed by atoms with E-state index in [0.717, 1.165) is 12.8 Å². The van der Waals surface area contributed by atoms with Crippen LogP contribution in [0.2, 0.25) is 0 Å². The molecule has 114 valence electrons. The van der Waals surface area contributed by atoms with Gasteiger partial charge in [0, 0.05) is 26.2 Å². The van der Waals surface area contributed by atoms with Crippen LogP contribution in [-0.2, 0) is 10.2 Å². The molecule has 0 heterocycles. The molecule has 20 heavy (non-hydrogen) atoms. The van der Waals surface area contributed by atoms with Crippen molar-refractivity contribution in [1.82, 2.24) is 4.31 Å². The van der Waals surface area contributed by atoms with E-state index in [-0.39, 0.29) is 0 Å². The molecule has 6 nitrogen and oxygen atoms in total. The van der Waals surface area contributed by atoms with Gasteiger partial charge in [0.2, 0.25) is 0 Å². The van der Waals surface area contributed by atoms with Crippen LogP contribution in [0.1, 0.15) is 19.8 Å². The fraction of sp³-hybridized carbons (Fsp3) is 0.538. The highest BCUT2D eigenvalue weighted by atomic mass is 32.2. The quantitative estimate of drug-likeness (QED) is 0.722. The second-order valence-electron chi connectivity index (χ2n) is 4.45. The lowest BCUT2D eigenvalue weighted by Crippen LogP contribution is -2.33. The maximum atomic E-state index is 12.1. The lowest BCUT2D eigenvalue weighted by molar-refractivity contribution is 0.328. The predicted octanol–water partition coefficient (Wildman–Crippen LogP) is 1.41. The summed E-state index contributed by atoms with van der Waals surface area (Å²) in [5.74, 6) is 0.590. The smallest absolute Gasteiger partial charge is 0.301 e. The highest BCUT2D eigenvalue weighted by molar-refractivity contribution is 7.90. The minimum atomic E-state index is -3.52. The molecule has 1 rings (SSSR count). The summed E-state index contributed by atoms with van der Waals surface area (Å²) in [6.07, 6.45) is 1.78. The molecule has 3 N–H and O–H groups in total. The SMILES string of the molecule is CCCCN(C)S(=O)(=O)Nc1cccc(OCCN)c1. The van der Waals surface area contributed by atoms with Crippen molar-refractivity contribution < 1.29 is 13.2 Å². The van der Waals surface area contributed by atoms with Crippen LogP contribution in [0.5, 0.6) is 5.75 Å². The van der Waals surface area contributed by atoms with Crippen LogP contribution < -0.4 is 15.2 Å². The Morgan fingerprint density at radius 2 is 2.15 bits per heavy atom. The van der Waals surface area contributed by atoms with Gasteiger partial charge in [-0.05, 0) is 18.6 Å². The molecule has 1 aromatic rings. The Bertz CT molecular complexity index is 505. The van der Waals surface area contributed by atoms with Gasteiger partial charge in [0.25, 0.3) is 0 Å². The average Bonchev–Trinajstić information content (AvgIpc) is 2.42. The molecule has 0 aliphatic carbocycles. The van der Waals surface area contributed by atoms with E-state index < -0.39 is 10.2 Å². The van der Waals surface area contributed by atoms with Gasteiger partial charge >= 0.3 is 10.2 Å². The summed E-state index contributed by atoms with van der Waals surface area (Å²) in [5.41, 5.74) is 5.83. The molecule has 1 aromatic carbocycles. The monoisotopic (exact) mass is 301 g/mol. The van der Waals surface area contributed by atoms with Crippen LogP contribution >= 0.6 is 0 Å². The van der Waals surface area contributed by atoms with Crippen LogP contribution in [0.25, 0.3) is 0 Å². The van der Waals surface area contributed by atoms with Gasteiger partial charge in [0.15, 0.2) is 0 Å². The van der Waals surface area contributed by atoms with E-state index >= 15 is 0 Å². The Kier molecular flexibility index (Phi) is 6.77. The molecule has 0 saturated carbocycles. The first-order valence-corrected chi connectivity index (χ1v) is 8.10. The number of nitrogens with zero attached hydrogens (tertiary/aromatic N) is 1. The first kappa shape index (κ1) is 16.7. The molecule has 0 fully saturated rings. The van der Waals surface area contributed by atoms with Gasteiger partial charge in [-0.25, -0.2) is 0 Å². The van der Waals surface area contributed by atoms with Gasteiger partial charge in [-0.2, -0.15) is 12.7 Å². The molecule has 0 spiro atoms. The van der Waals surface area contributed by atoms with Crippen LogP contribution in [-0.4, -0.2) is 39.5 Å². The van der Waals surface area contributed by atoms with Crippen molar-refractivity contribution in [3.05, 3.63) is 24.3 Å². The van der Waals surface area contributed by atoms with Crippen molar-refractivity contribution in [2.24, 2.45) is 5.73 Å². The van der Waals surface area contributed by atoms with Crippen molar-refractivity contribution in [1.29, 1.82) is 0 Å². The summed E-state index contributed by atoms with van der Waals surface area (Å²) >= 11 is 0. The molecule has 0 bridgehead atoms. The number of nitrogens with one attached hydrogen (secondary N) is 1. The van der Waals surface area contributed by atoms with E-state index in [9.17, 15) is 8.42 Å². The number of nitrogens with two attached hydrogens (primary N) is 1. The molecule has 0 atom stereocenters. The van der Waals surface area contributed by atoms with Crippen LogP contribution in [0.15, 0.2) is 24.3 Å². The zero-order chi connectivity index (χ0) is 15.0. The normalized spacial score (nSPS) is 11.6. The fourth-order valence-electron chi connectivity index (χ4n) is 1.55. The summed E-state index contributed by atoms with van der Waals surface area (Å²) in [7, 11) is -1.96. The Balaban J connectivity index is 2.71. The van der Waals surface area contributed by atoms with E-state index in [1.165, 1.54) is 4.31 Å². The van der Waals surface area contributed by atoms with Gasteiger partial charge in [0.05, 0.1) is 5.69 Å². The van der Waals surface area contributed by atoms with E-state index in [2.05, 4.69) is 4.72 Å². The first-order chi connectivity index (χ1) is 9.49. The summed E-state index contributed by atoms with van der Waals surface area (Å²) < 4.78 is 33.4. The van der Waals surface area contributed by atoms with Crippen molar-refractivity contribution in [2.75, 3.05) is 31.5 Å². The molecule has 0 saturated heterocycles. The van der Waals surface area contributed by atoms with Crippen LogP contribution in [0, 0.1) is 0 Å². The zero-order valence-electron chi connectivity index (χ0n) is 12.0. The lowest BCUT2D eigenvalue weighted by atomic mass is 10.3. The Hall–Kier alpha value is -1.31. The van der Waals surface area contributed by atoms with Crippen molar-refractivity contribution in [3.63, 3.8) is 0 Å². The number of benzene rings is 1. The molecule has 0 aliphatic rings. The third-order valence-corrected chi connectivity index (χ3v) is 4.20. The van der Waals surface area contributed by atoms with Crippen molar-refractivity contribution >= 4 is 15.9 Å². The zero-order valence-corrected chi connectivity index (χ0v) is 12.8. The minimum Gasteiger partial charge on any atom is -0.492 e. The number of rotatable bonds is 9. The summed E-state index contributed by atoms with van der Waals surface area (Å²) in [4.78, 5) is 0. The maximum absolute atomic E-state index is 12.1. The maximum Gasteiger partial charge on any atom is 0.301 e. The second-order valence-corrected chi connectivity index (χ2v) is 6.22. The summed E-state index contributed by atoms with van der Waals surface area (Å²) in [6.45, 7) is 3.32. The number of unbranched alkanes of at least 4 members (excludes halogenated alkanes) is 1. The number of hydrogen-bond donors (Lipinski definition) is 2. The highest BCUT2D eigenvalue weighted by Crippen LogP contribution is 2.19. The fourth-order valence-corrected chi connectivity index (χ4v) is 2.50. The topological polar surface area (TPSA) is 84.7 Å². The van der Waals surface area contributed by atoms with E-state index in [4.69, 9.17) is 10.5 Å². The molecule has 0 amide bonds.